The van der Waals surface area contributed by atoms with Crippen LogP contribution in [0, 0.1) is 18.7 Å². The number of hydrogen-bond acceptors (Lipinski definition) is 5. The standard InChI is InChI=1S/C17H20FN3O4/c1-9(2)15(17(23)24)19-13(22)6-7-14-20-16(21-25-14)11-4-5-12(18)10(3)8-11/h4-5,8-9,15H,6-7H2,1-3H3,(H,19,22)(H,23,24). The van der Waals surface area contributed by atoms with E-state index in [0.29, 0.717) is 17.0 Å². The number of aromatic nitrogens is 2. The van der Waals surface area contributed by atoms with Gasteiger partial charge in [0.05, 0.1) is 0 Å². The van der Waals surface area contributed by atoms with Gasteiger partial charge in [-0.3, -0.25) is 4.79 Å². The summed E-state index contributed by atoms with van der Waals surface area (Å²) in [6.07, 6.45) is 0.212. The summed E-state index contributed by atoms with van der Waals surface area (Å²) in [7, 11) is 0. The summed E-state index contributed by atoms with van der Waals surface area (Å²) in [5, 5.41) is 15.4. The number of aliphatic carboxylic acids is 1. The number of carbonyl (C=O) groups is 2. The number of benzene rings is 1. The SMILES string of the molecule is Cc1cc(-c2noc(CCC(=O)NC(C(=O)O)C(C)C)n2)ccc1F. The monoisotopic (exact) mass is 349 g/mol. The molecule has 1 atom stereocenters. The van der Waals surface area contributed by atoms with Gasteiger partial charge < -0.3 is 14.9 Å². The first-order chi connectivity index (χ1) is 11.8. The number of amides is 1. The number of hydrogen-bond donors (Lipinski definition) is 2. The molecule has 0 bridgehead atoms. The second kappa shape index (κ2) is 7.87. The Morgan fingerprint density at radius 2 is 2.08 bits per heavy atom. The number of nitrogens with one attached hydrogen (secondary N) is 1. The molecule has 0 aliphatic carbocycles. The highest BCUT2D eigenvalue weighted by Crippen LogP contribution is 2.19. The van der Waals surface area contributed by atoms with Gasteiger partial charge in [-0.05, 0) is 36.6 Å². The Morgan fingerprint density at radius 1 is 1.36 bits per heavy atom. The first-order valence-electron chi connectivity index (χ1n) is 7.89. The fraction of sp³-hybridized carbons (Fsp3) is 0.412. The van der Waals surface area contributed by atoms with Crippen LogP contribution in [0.15, 0.2) is 22.7 Å². The highest BCUT2D eigenvalue weighted by atomic mass is 19.1. The minimum atomic E-state index is -1.07. The van der Waals surface area contributed by atoms with Gasteiger partial charge in [0.15, 0.2) is 0 Å². The molecule has 0 aliphatic rings. The molecule has 25 heavy (non-hydrogen) atoms. The lowest BCUT2D eigenvalue weighted by atomic mass is 10.0. The van der Waals surface area contributed by atoms with E-state index in [0.717, 1.165) is 0 Å². The van der Waals surface area contributed by atoms with Crippen molar-refractivity contribution in [3.8, 4) is 11.4 Å². The molecule has 2 N–H and O–H groups in total. The van der Waals surface area contributed by atoms with E-state index in [1.807, 2.05) is 0 Å². The molecule has 1 heterocycles. The lowest BCUT2D eigenvalue weighted by molar-refractivity contribution is -0.143. The summed E-state index contributed by atoms with van der Waals surface area (Å²) in [5.74, 6) is -1.46. The van der Waals surface area contributed by atoms with Gasteiger partial charge >= 0.3 is 5.97 Å². The summed E-state index contributed by atoms with van der Waals surface area (Å²) in [6.45, 7) is 5.07. The summed E-state index contributed by atoms with van der Waals surface area (Å²) >= 11 is 0. The van der Waals surface area contributed by atoms with Gasteiger partial charge in [-0.15, -0.1) is 0 Å². The minimum Gasteiger partial charge on any atom is -0.480 e. The highest BCUT2D eigenvalue weighted by Gasteiger charge is 2.23. The van der Waals surface area contributed by atoms with Crippen LogP contribution < -0.4 is 5.32 Å². The summed E-state index contributed by atoms with van der Waals surface area (Å²) < 4.78 is 18.4. The van der Waals surface area contributed by atoms with Crippen molar-refractivity contribution in [2.24, 2.45) is 5.92 Å². The van der Waals surface area contributed by atoms with Gasteiger partial charge in [-0.2, -0.15) is 4.98 Å². The smallest absolute Gasteiger partial charge is 0.326 e. The lowest BCUT2D eigenvalue weighted by Gasteiger charge is -2.17. The second-order valence-electron chi connectivity index (χ2n) is 6.10. The van der Waals surface area contributed by atoms with Crippen LogP contribution in [0.25, 0.3) is 11.4 Å². The van der Waals surface area contributed by atoms with Crippen molar-refractivity contribution in [1.82, 2.24) is 15.5 Å². The fourth-order valence-corrected chi connectivity index (χ4v) is 2.24. The minimum absolute atomic E-state index is 0.0284. The lowest BCUT2D eigenvalue weighted by Crippen LogP contribution is -2.44. The zero-order chi connectivity index (χ0) is 18.6. The maximum atomic E-state index is 13.3. The number of nitrogens with zero attached hydrogens (tertiary/aromatic N) is 2. The van der Waals surface area contributed by atoms with Crippen LogP contribution in [0.2, 0.25) is 0 Å². The molecule has 1 amide bonds. The van der Waals surface area contributed by atoms with Crippen LogP contribution in [0.4, 0.5) is 4.39 Å². The molecule has 0 saturated carbocycles. The second-order valence-corrected chi connectivity index (χ2v) is 6.10. The van der Waals surface area contributed by atoms with Crippen LogP contribution in [0.1, 0.15) is 31.7 Å². The molecule has 8 heteroatoms. The van der Waals surface area contributed by atoms with Crippen molar-refractivity contribution < 1.29 is 23.6 Å². The van der Waals surface area contributed by atoms with Crippen molar-refractivity contribution in [2.45, 2.75) is 39.7 Å². The molecule has 0 radical (unpaired) electrons. The molecular weight excluding hydrogens is 329 g/mol. The maximum absolute atomic E-state index is 13.3. The normalized spacial score (nSPS) is 12.2. The van der Waals surface area contributed by atoms with E-state index in [4.69, 9.17) is 9.63 Å². The van der Waals surface area contributed by atoms with E-state index in [9.17, 15) is 14.0 Å². The molecule has 1 aromatic heterocycles. The quantitative estimate of drug-likeness (QED) is 0.795. The Kier molecular flexibility index (Phi) is 5.84. The Hall–Kier alpha value is -2.77. The molecule has 2 aromatic rings. The topological polar surface area (TPSA) is 105 Å². The van der Waals surface area contributed by atoms with E-state index in [-0.39, 0.29) is 30.5 Å². The summed E-state index contributed by atoms with van der Waals surface area (Å²) in [4.78, 5) is 27.1. The zero-order valence-corrected chi connectivity index (χ0v) is 14.2. The molecule has 2 rings (SSSR count). The van der Waals surface area contributed by atoms with Gasteiger partial charge in [0.2, 0.25) is 17.6 Å². The molecule has 134 valence electrons. The number of carboxylic acids is 1. The average Bonchev–Trinajstić information content (AvgIpc) is 3.01. The number of aryl methyl sites for hydroxylation is 2. The van der Waals surface area contributed by atoms with Crippen LogP contribution in [0.3, 0.4) is 0 Å². The van der Waals surface area contributed by atoms with E-state index in [1.54, 1.807) is 32.9 Å². The number of carboxylic acid groups (broad SMARTS) is 1. The Labute approximate surface area is 144 Å². The Morgan fingerprint density at radius 3 is 2.68 bits per heavy atom. The molecule has 0 fully saturated rings. The average molecular weight is 349 g/mol. The van der Waals surface area contributed by atoms with Gasteiger partial charge in [-0.25, -0.2) is 9.18 Å². The van der Waals surface area contributed by atoms with Crippen molar-refractivity contribution in [1.29, 1.82) is 0 Å². The molecule has 1 aromatic carbocycles. The first kappa shape index (κ1) is 18.6. The van der Waals surface area contributed by atoms with Crippen LogP contribution in [-0.2, 0) is 16.0 Å². The third-order valence-electron chi connectivity index (χ3n) is 3.70. The molecule has 0 saturated heterocycles. The third-order valence-corrected chi connectivity index (χ3v) is 3.70. The Balaban J connectivity index is 1.96. The van der Waals surface area contributed by atoms with Crippen molar-refractivity contribution in [3.05, 3.63) is 35.5 Å². The zero-order valence-electron chi connectivity index (χ0n) is 14.2. The molecule has 7 nitrogen and oxygen atoms in total. The van der Waals surface area contributed by atoms with Gasteiger partial charge in [-0.1, -0.05) is 19.0 Å². The summed E-state index contributed by atoms with van der Waals surface area (Å²) in [5.41, 5.74) is 1.08. The largest absolute Gasteiger partial charge is 0.480 e. The fourth-order valence-electron chi connectivity index (χ4n) is 2.24. The number of carbonyl (C=O) groups excluding carboxylic acids is 1. The van der Waals surface area contributed by atoms with Gasteiger partial charge in [0.1, 0.15) is 11.9 Å². The third kappa shape index (κ3) is 4.85. The predicted molar refractivity (Wildman–Crippen MR) is 87.2 cm³/mol. The number of rotatable bonds is 7. The highest BCUT2D eigenvalue weighted by molar-refractivity contribution is 5.83. The molecular formula is C17H20FN3O4. The predicted octanol–water partition coefficient (Wildman–Crippen LogP) is 2.34. The van der Waals surface area contributed by atoms with E-state index < -0.39 is 17.9 Å². The molecule has 1 unspecified atom stereocenters. The molecule has 0 aliphatic heterocycles. The summed E-state index contributed by atoms with van der Waals surface area (Å²) in [6, 6.07) is 3.54. The Bertz CT molecular complexity index is 773. The van der Waals surface area contributed by atoms with Crippen LogP contribution >= 0.6 is 0 Å². The first-order valence-corrected chi connectivity index (χ1v) is 7.89. The van der Waals surface area contributed by atoms with Crippen molar-refractivity contribution in [2.75, 3.05) is 0 Å². The van der Waals surface area contributed by atoms with E-state index >= 15 is 0 Å². The van der Waals surface area contributed by atoms with Crippen molar-refractivity contribution >= 4 is 11.9 Å². The van der Waals surface area contributed by atoms with Gasteiger partial charge in [0.25, 0.3) is 0 Å². The van der Waals surface area contributed by atoms with Crippen LogP contribution in [0.5, 0.6) is 0 Å². The van der Waals surface area contributed by atoms with E-state index in [2.05, 4.69) is 15.5 Å². The maximum Gasteiger partial charge on any atom is 0.326 e. The molecule has 0 spiro atoms. The van der Waals surface area contributed by atoms with E-state index in [1.165, 1.54) is 6.07 Å². The number of halogens is 1. The van der Waals surface area contributed by atoms with Crippen LogP contribution in [-0.4, -0.2) is 33.2 Å². The van der Waals surface area contributed by atoms with Gasteiger partial charge in [0, 0.05) is 18.4 Å². The van der Waals surface area contributed by atoms with Crippen molar-refractivity contribution in [3.63, 3.8) is 0 Å².